The van der Waals surface area contributed by atoms with E-state index in [0.717, 1.165) is 58.5 Å². The average molecular weight is 484 g/mol. The van der Waals surface area contributed by atoms with Crippen molar-refractivity contribution < 1.29 is 9.47 Å². The Labute approximate surface area is 214 Å². The van der Waals surface area contributed by atoms with Gasteiger partial charge in [-0.25, -0.2) is 0 Å². The molecule has 1 aromatic rings. The summed E-state index contributed by atoms with van der Waals surface area (Å²) in [5.41, 5.74) is 5.16. The van der Waals surface area contributed by atoms with E-state index in [0.29, 0.717) is 11.3 Å². The number of morpholine rings is 1. The summed E-state index contributed by atoms with van der Waals surface area (Å²) >= 11 is 0. The van der Waals surface area contributed by atoms with Gasteiger partial charge in [0.15, 0.2) is 0 Å². The number of benzene rings is 1. The lowest BCUT2D eigenvalue weighted by atomic mass is 9.66. The van der Waals surface area contributed by atoms with Crippen LogP contribution in [0.1, 0.15) is 76.7 Å². The molecule has 0 amide bonds. The van der Waals surface area contributed by atoms with Crippen molar-refractivity contribution in [2.24, 2.45) is 11.3 Å². The summed E-state index contributed by atoms with van der Waals surface area (Å²) in [7, 11) is 0. The Morgan fingerprint density at radius 1 is 0.771 bits per heavy atom. The van der Waals surface area contributed by atoms with Crippen LogP contribution in [0.3, 0.4) is 0 Å². The summed E-state index contributed by atoms with van der Waals surface area (Å²) < 4.78 is 11.2. The molecule has 5 nitrogen and oxygen atoms in total. The van der Waals surface area contributed by atoms with Gasteiger partial charge in [-0.3, -0.25) is 4.90 Å². The van der Waals surface area contributed by atoms with Crippen LogP contribution in [0.2, 0.25) is 0 Å². The van der Waals surface area contributed by atoms with Crippen molar-refractivity contribution in [3.8, 4) is 0 Å². The first-order valence-electron chi connectivity index (χ1n) is 14.7. The zero-order valence-corrected chi connectivity index (χ0v) is 22.5. The molecule has 0 N–H and O–H groups in total. The van der Waals surface area contributed by atoms with Gasteiger partial charge in [-0.2, -0.15) is 0 Å². The first kappa shape index (κ1) is 25.4. The van der Waals surface area contributed by atoms with Gasteiger partial charge in [0.05, 0.1) is 13.2 Å². The van der Waals surface area contributed by atoms with E-state index in [2.05, 4.69) is 46.7 Å². The molecular weight excluding hydrogens is 434 g/mol. The van der Waals surface area contributed by atoms with E-state index in [1.54, 1.807) is 5.56 Å². The molecule has 3 heterocycles. The molecule has 1 aliphatic carbocycles. The van der Waals surface area contributed by atoms with Crippen molar-refractivity contribution in [1.82, 2.24) is 4.90 Å². The number of ether oxygens (including phenoxy) is 2. The molecule has 4 fully saturated rings. The van der Waals surface area contributed by atoms with Crippen LogP contribution in [0.15, 0.2) is 18.2 Å². The van der Waals surface area contributed by atoms with Gasteiger partial charge in [-0.1, -0.05) is 26.7 Å². The topological polar surface area (TPSA) is 28.2 Å². The molecule has 0 aromatic heterocycles. The third-order valence-electron chi connectivity index (χ3n) is 9.94. The minimum atomic E-state index is 0.592. The molecule has 0 bridgehead atoms. The first-order valence-corrected chi connectivity index (χ1v) is 14.7. The Bertz CT molecular complexity index is 781. The SMILES string of the molecule is CCC1(CC)CCC(c2cc(N3CCOCC3)ccc2N2CCN(CC3CCOCC3)CC2)CC1. The van der Waals surface area contributed by atoms with Crippen LogP contribution < -0.4 is 9.80 Å². The van der Waals surface area contributed by atoms with Crippen LogP contribution in [0.25, 0.3) is 0 Å². The molecule has 5 rings (SSSR count). The first-order chi connectivity index (χ1) is 17.2. The molecule has 1 aromatic carbocycles. The normalized spacial score (nSPS) is 25.2. The second kappa shape index (κ2) is 11.8. The maximum Gasteiger partial charge on any atom is 0.0642 e. The number of rotatable bonds is 7. The quantitative estimate of drug-likeness (QED) is 0.508. The van der Waals surface area contributed by atoms with E-state index >= 15 is 0 Å². The maximum atomic E-state index is 5.64. The lowest BCUT2D eigenvalue weighted by Gasteiger charge is -2.42. The highest BCUT2D eigenvalue weighted by atomic mass is 16.5. The Morgan fingerprint density at radius 2 is 1.43 bits per heavy atom. The van der Waals surface area contributed by atoms with Crippen LogP contribution >= 0.6 is 0 Å². The highest BCUT2D eigenvalue weighted by molar-refractivity contribution is 5.63. The van der Waals surface area contributed by atoms with Crippen LogP contribution in [0, 0.1) is 11.3 Å². The van der Waals surface area contributed by atoms with Crippen LogP contribution in [-0.4, -0.2) is 77.1 Å². The predicted molar refractivity (Wildman–Crippen MR) is 146 cm³/mol. The third-order valence-corrected chi connectivity index (χ3v) is 9.94. The van der Waals surface area contributed by atoms with Gasteiger partial charge in [-0.15, -0.1) is 0 Å². The Kier molecular flexibility index (Phi) is 8.57. The molecular formula is C30H49N3O2. The van der Waals surface area contributed by atoms with Crippen molar-refractivity contribution in [2.45, 2.75) is 71.1 Å². The summed E-state index contributed by atoms with van der Waals surface area (Å²) in [6.07, 6.45) is 10.7. The van der Waals surface area contributed by atoms with E-state index in [1.165, 1.54) is 82.4 Å². The second-order valence-electron chi connectivity index (χ2n) is 11.7. The van der Waals surface area contributed by atoms with E-state index < -0.39 is 0 Å². The molecule has 0 atom stereocenters. The predicted octanol–water partition coefficient (Wildman–Crippen LogP) is 5.54. The Morgan fingerprint density at radius 3 is 2.09 bits per heavy atom. The maximum absolute atomic E-state index is 5.64. The van der Waals surface area contributed by atoms with Crippen molar-refractivity contribution in [3.05, 3.63) is 23.8 Å². The smallest absolute Gasteiger partial charge is 0.0642 e. The highest BCUT2D eigenvalue weighted by Gasteiger charge is 2.34. The second-order valence-corrected chi connectivity index (χ2v) is 11.7. The van der Waals surface area contributed by atoms with Gasteiger partial charge in [0.1, 0.15) is 0 Å². The average Bonchev–Trinajstić information content (AvgIpc) is 2.94. The van der Waals surface area contributed by atoms with Gasteiger partial charge in [0.2, 0.25) is 0 Å². The zero-order valence-electron chi connectivity index (χ0n) is 22.5. The molecule has 196 valence electrons. The molecule has 5 heteroatoms. The largest absolute Gasteiger partial charge is 0.381 e. The van der Waals surface area contributed by atoms with Gasteiger partial charge >= 0.3 is 0 Å². The van der Waals surface area contributed by atoms with Crippen LogP contribution in [0.4, 0.5) is 11.4 Å². The molecule has 3 aliphatic heterocycles. The number of hydrogen-bond acceptors (Lipinski definition) is 5. The fourth-order valence-electron chi connectivity index (χ4n) is 7.14. The summed E-state index contributed by atoms with van der Waals surface area (Å²) in [6, 6.07) is 7.43. The Hall–Kier alpha value is -1.30. The number of nitrogens with zero attached hydrogens (tertiary/aromatic N) is 3. The van der Waals surface area contributed by atoms with Crippen LogP contribution in [-0.2, 0) is 9.47 Å². The molecule has 3 saturated heterocycles. The monoisotopic (exact) mass is 483 g/mol. The third kappa shape index (κ3) is 5.99. The molecule has 0 spiro atoms. The summed E-state index contributed by atoms with van der Waals surface area (Å²) in [5.74, 6) is 1.54. The van der Waals surface area contributed by atoms with Crippen LogP contribution in [0.5, 0.6) is 0 Å². The number of anilines is 2. The van der Waals surface area contributed by atoms with Crippen molar-refractivity contribution in [1.29, 1.82) is 0 Å². The minimum Gasteiger partial charge on any atom is -0.381 e. The Balaban J connectivity index is 1.30. The minimum absolute atomic E-state index is 0.592. The van der Waals surface area contributed by atoms with Gasteiger partial charge in [-0.05, 0) is 79.5 Å². The molecule has 0 radical (unpaired) electrons. The van der Waals surface area contributed by atoms with E-state index in [4.69, 9.17) is 9.47 Å². The number of hydrogen-bond donors (Lipinski definition) is 0. The molecule has 0 unspecified atom stereocenters. The summed E-state index contributed by atoms with van der Waals surface area (Å²) in [6.45, 7) is 16.5. The standard InChI is InChI=1S/C30H49N3O2/c1-3-30(4-2)11-7-26(8-12-30)28-23-27(32-17-21-35-22-18-32)5-6-29(28)33-15-13-31(14-16-33)24-25-9-19-34-20-10-25/h5-6,23,25-26H,3-4,7-22,24H2,1-2H3. The fraction of sp³-hybridized carbons (Fsp3) is 0.800. The van der Waals surface area contributed by atoms with E-state index in [1.807, 2.05) is 0 Å². The fourth-order valence-corrected chi connectivity index (χ4v) is 7.14. The van der Waals surface area contributed by atoms with Gasteiger partial charge in [0, 0.05) is 70.4 Å². The zero-order chi connectivity index (χ0) is 24.1. The number of piperazine rings is 1. The van der Waals surface area contributed by atoms with E-state index in [-0.39, 0.29) is 0 Å². The van der Waals surface area contributed by atoms with Gasteiger partial charge < -0.3 is 19.3 Å². The summed E-state index contributed by atoms with van der Waals surface area (Å²) in [4.78, 5) is 7.96. The van der Waals surface area contributed by atoms with Crippen molar-refractivity contribution >= 4 is 11.4 Å². The summed E-state index contributed by atoms with van der Waals surface area (Å²) in [5, 5.41) is 0. The van der Waals surface area contributed by atoms with Crippen molar-refractivity contribution in [2.75, 3.05) is 82.0 Å². The lowest BCUT2D eigenvalue weighted by Crippen LogP contribution is -2.48. The van der Waals surface area contributed by atoms with Gasteiger partial charge in [0.25, 0.3) is 0 Å². The van der Waals surface area contributed by atoms with E-state index in [9.17, 15) is 0 Å². The molecule has 1 saturated carbocycles. The van der Waals surface area contributed by atoms with Crippen molar-refractivity contribution in [3.63, 3.8) is 0 Å². The molecule has 4 aliphatic rings. The molecule has 35 heavy (non-hydrogen) atoms. The highest BCUT2D eigenvalue weighted by Crippen LogP contribution is 2.49. The lowest BCUT2D eigenvalue weighted by molar-refractivity contribution is 0.0517.